The van der Waals surface area contributed by atoms with Crippen LogP contribution in [-0.2, 0) is 0 Å². The first-order valence-electron chi connectivity index (χ1n) is 6.75. The van der Waals surface area contributed by atoms with E-state index in [4.69, 9.17) is 9.47 Å². The van der Waals surface area contributed by atoms with Crippen LogP contribution in [0.3, 0.4) is 0 Å². The minimum atomic E-state index is -0.517. The molecule has 0 unspecified atom stereocenters. The van der Waals surface area contributed by atoms with Gasteiger partial charge in [0.05, 0.1) is 7.11 Å². The molecule has 6 nitrogen and oxygen atoms in total. The summed E-state index contributed by atoms with van der Waals surface area (Å²) in [5.41, 5.74) is 0.951. The summed E-state index contributed by atoms with van der Waals surface area (Å²) in [6, 6.07) is 12.5. The Kier molecular flexibility index (Phi) is 4.83. The molecule has 0 atom stereocenters. The number of ether oxygens (including phenoxy) is 2. The van der Waals surface area contributed by atoms with Crippen LogP contribution in [0.4, 0.5) is 16.3 Å². The van der Waals surface area contributed by atoms with Crippen LogP contribution in [0.25, 0.3) is 0 Å². The highest BCUT2D eigenvalue weighted by molar-refractivity contribution is 5.87. The van der Waals surface area contributed by atoms with Gasteiger partial charge in [0.25, 0.3) is 0 Å². The molecule has 0 saturated carbocycles. The van der Waals surface area contributed by atoms with Gasteiger partial charge in [0.2, 0.25) is 5.88 Å². The molecule has 0 aliphatic carbocycles. The van der Waals surface area contributed by atoms with Crippen LogP contribution < -0.4 is 19.3 Å². The maximum absolute atomic E-state index is 12.2. The standard InChI is InChI=1S/C16H19N3O3/c1-18(2)12-7-5-8-13(11-12)22-16(20)19(3)14-9-6-10-15(17-14)21-4/h5-11H,1-4H3. The fraction of sp³-hybridized carbons (Fsp3) is 0.250. The Hall–Kier alpha value is -2.76. The number of hydrogen-bond donors (Lipinski definition) is 0. The number of pyridine rings is 1. The van der Waals surface area contributed by atoms with Gasteiger partial charge in [0.15, 0.2) is 0 Å². The van der Waals surface area contributed by atoms with Crippen LogP contribution >= 0.6 is 0 Å². The highest BCUT2D eigenvalue weighted by atomic mass is 16.6. The van der Waals surface area contributed by atoms with E-state index in [-0.39, 0.29) is 0 Å². The van der Waals surface area contributed by atoms with Crippen molar-refractivity contribution in [3.05, 3.63) is 42.5 Å². The summed E-state index contributed by atoms with van der Waals surface area (Å²) in [5.74, 6) is 1.37. The summed E-state index contributed by atoms with van der Waals surface area (Å²) in [6.45, 7) is 0. The molecular formula is C16H19N3O3. The SMILES string of the molecule is COc1cccc(N(C)C(=O)Oc2cccc(N(C)C)c2)n1. The molecule has 1 amide bonds. The van der Waals surface area contributed by atoms with E-state index in [1.807, 2.05) is 31.1 Å². The zero-order valence-electron chi connectivity index (χ0n) is 13.1. The topological polar surface area (TPSA) is 54.9 Å². The summed E-state index contributed by atoms with van der Waals surface area (Å²) in [4.78, 5) is 19.7. The Morgan fingerprint density at radius 1 is 1.09 bits per heavy atom. The van der Waals surface area contributed by atoms with E-state index in [2.05, 4.69) is 4.98 Å². The Labute approximate surface area is 129 Å². The lowest BCUT2D eigenvalue weighted by Crippen LogP contribution is -2.30. The maximum Gasteiger partial charge on any atom is 0.420 e. The smallest absolute Gasteiger partial charge is 0.420 e. The van der Waals surface area contributed by atoms with E-state index < -0.39 is 6.09 Å². The number of methoxy groups -OCH3 is 1. The minimum absolute atomic E-state index is 0.437. The first kappa shape index (κ1) is 15.6. The zero-order valence-corrected chi connectivity index (χ0v) is 13.1. The van der Waals surface area contributed by atoms with Crippen LogP contribution in [0.15, 0.2) is 42.5 Å². The molecule has 1 heterocycles. The molecule has 1 aromatic heterocycles. The molecule has 116 valence electrons. The summed E-state index contributed by atoms with van der Waals surface area (Å²) in [5, 5.41) is 0. The van der Waals surface area contributed by atoms with Gasteiger partial charge in [-0.25, -0.2) is 4.79 Å². The molecule has 0 fully saturated rings. The number of hydrogen-bond acceptors (Lipinski definition) is 5. The Morgan fingerprint density at radius 2 is 1.82 bits per heavy atom. The number of anilines is 2. The average molecular weight is 301 g/mol. The molecule has 0 aliphatic heterocycles. The third-order valence-corrected chi connectivity index (χ3v) is 3.07. The van der Waals surface area contributed by atoms with Crippen molar-refractivity contribution in [2.75, 3.05) is 38.1 Å². The molecule has 0 bridgehead atoms. The van der Waals surface area contributed by atoms with Gasteiger partial charge in [0, 0.05) is 39.0 Å². The predicted molar refractivity (Wildman–Crippen MR) is 86.0 cm³/mol. The van der Waals surface area contributed by atoms with Crippen LogP contribution in [0.1, 0.15) is 0 Å². The van der Waals surface area contributed by atoms with Crippen LogP contribution in [0, 0.1) is 0 Å². The van der Waals surface area contributed by atoms with Crippen molar-refractivity contribution in [2.24, 2.45) is 0 Å². The lowest BCUT2D eigenvalue weighted by Gasteiger charge is -2.17. The quantitative estimate of drug-likeness (QED) is 0.869. The third-order valence-electron chi connectivity index (χ3n) is 3.07. The second kappa shape index (κ2) is 6.80. The van der Waals surface area contributed by atoms with E-state index in [1.54, 1.807) is 37.4 Å². The van der Waals surface area contributed by atoms with Crippen molar-refractivity contribution in [1.82, 2.24) is 4.98 Å². The number of amides is 1. The molecule has 0 radical (unpaired) electrons. The van der Waals surface area contributed by atoms with E-state index in [0.29, 0.717) is 17.4 Å². The number of rotatable bonds is 4. The van der Waals surface area contributed by atoms with Crippen molar-refractivity contribution in [1.29, 1.82) is 0 Å². The van der Waals surface area contributed by atoms with E-state index in [9.17, 15) is 4.79 Å². The Balaban J connectivity index is 2.12. The highest BCUT2D eigenvalue weighted by Gasteiger charge is 2.15. The fourth-order valence-corrected chi connectivity index (χ4v) is 1.79. The molecule has 6 heteroatoms. The Morgan fingerprint density at radius 3 is 2.50 bits per heavy atom. The molecule has 1 aromatic carbocycles. The van der Waals surface area contributed by atoms with Crippen LogP contribution in [0.5, 0.6) is 11.6 Å². The molecule has 0 N–H and O–H groups in total. The first-order valence-corrected chi connectivity index (χ1v) is 6.75. The second-order valence-corrected chi connectivity index (χ2v) is 4.86. The first-order chi connectivity index (χ1) is 10.5. The molecule has 2 rings (SSSR count). The van der Waals surface area contributed by atoms with Crippen LogP contribution in [-0.4, -0.2) is 39.3 Å². The molecule has 2 aromatic rings. The fourth-order valence-electron chi connectivity index (χ4n) is 1.79. The zero-order chi connectivity index (χ0) is 16.1. The minimum Gasteiger partial charge on any atom is -0.481 e. The monoisotopic (exact) mass is 301 g/mol. The summed E-state index contributed by atoms with van der Waals surface area (Å²) in [7, 11) is 6.97. The van der Waals surface area contributed by atoms with Gasteiger partial charge in [-0.3, -0.25) is 4.90 Å². The number of carbonyl (C=O) groups is 1. The van der Waals surface area contributed by atoms with Gasteiger partial charge in [-0.1, -0.05) is 12.1 Å². The largest absolute Gasteiger partial charge is 0.481 e. The van der Waals surface area contributed by atoms with Crippen molar-refractivity contribution in [3.63, 3.8) is 0 Å². The number of aromatic nitrogens is 1. The van der Waals surface area contributed by atoms with Crippen molar-refractivity contribution < 1.29 is 14.3 Å². The Bertz CT molecular complexity index is 659. The molecule has 0 saturated heterocycles. The normalized spacial score (nSPS) is 10.0. The number of benzene rings is 1. The van der Waals surface area contributed by atoms with Crippen LogP contribution in [0.2, 0.25) is 0 Å². The number of carbonyl (C=O) groups excluding carboxylic acids is 1. The van der Waals surface area contributed by atoms with Gasteiger partial charge in [-0.2, -0.15) is 4.98 Å². The third kappa shape index (κ3) is 3.66. The highest BCUT2D eigenvalue weighted by Crippen LogP contribution is 2.21. The number of nitrogens with zero attached hydrogens (tertiary/aromatic N) is 3. The van der Waals surface area contributed by atoms with Gasteiger partial charge in [-0.15, -0.1) is 0 Å². The predicted octanol–water partition coefficient (Wildman–Crippen LogP) is 2.79. The van der Waals surface area contributed by atoms with Gasteiger partial charge in [-0.05, 0) is 18.2 Å². The maximum atomic E-state index is 12.2. The molecule has 0 spiro atoms. The van der Waals surface area contributed by atoms with E-state index in [1.165, 1.54) is 12.0 Å². The lowest BCUT2D eigenvalue weighted by atomic mass is 10.3. The van der Waals surface area contributed by atoms with Gasteiger partial charge < -0.3 is 14.4 Å². The molecule has 0 aliphatic rings. The molecule has 22 heavy (non-hydrogen) atoms. The summed E-state index contributed by atoms with van der Waals surface area (Å²) in [6.07, 6.45) is -0.517. The van der Waals surface area contributed by atoms with Crippen molar-refractivity contribution in [3.8, 4) is 11.6 Å². The second-order valence-electron chi connectivity index (χ2n) is 4.86. The van der Waals surface area contributed by atoms with Gasteiger partial charge in [0.1, 0.15) is 11.6 Å². The van der Waals surface area contributed by atoms with Gasteiger partial charge >= 0.3 is 6.09 Å². The lowest BCUT2D eigenvalue weighted by molar-refractivity contribution is 0.209. The van der Waals surface area contributed by atoms with E-state index >= 15 is 0 Å². The van der Waals surface area contributed by atoms with Crippen molar-refractivity contribution in [2.45, 2.75) is 0 Å². The van der Waals surface area contributed by atoms with E-state index in [0.717, 1.165) is 5.69 Å². The summed E-state index contributed by atoms with van der Waals surface area (Å²) >= 11 is 0. The van der Waals surface area contributed by atoms with Crippen molar-refractivity contribution >= 4 is 17.6 Å². The average Bonchev–Trinajstić information content (AvgIpc) is 2.54. The summed E-state index contributed by atoms with van der Waals surface area (Å²) < 4.78 is 10.4. The molecular weight excluding hydrogens is 282 g/mol.